The molecule has 1 unspecified atom stereocenters. The summed E-state index contributed by atoms with van der Waals surface area (Å²) < 4.78 is 27.7. The van der Waals surface area contributed by atoms with E-state index in [9.17, 15) is 13.2 Å². The van der Waals surface area contributed by atoms with Crippen molar-refractivity contribution >= 4 is 15.6 Å². The van der Waals surface area contributed by atoms with Crippen LogP contribution in [0.15, 0.2) is 18.2 Å². The number of carbonyl (C=O) groups is 1. The Balaban J connectivity index is 3.14. The fourth-order valence-corrected chi connectivity index (χ4v) is 1.97. The molecule has 0 amide bonds. The van der Waals surface area contributed by atoms with E-state index in [1.807, 2.05) is 0 Å². The van der Waals surface area contributed by atoms with Gasteiger partial charge in [-0.1, -0.05) is 0 Å². The van der Waals surface area contributed by atoms with Gasteiger partial charge in [0, 0.05) is 11.8 Å². The lowest BCUT2D eigenvalue weighted by Gasteiger charge is -2.11. The topological polar surface area (TPSA) is 60.4 Å². The molecular formula is C12H16O4S. The zero-order valence-corrected chi connectivity index (χ0v) is 11.2. The zero-order chi connectivity index (χ0) is 13.2. The van der Waals surface area contributed by atoms with E-state index in [1.54, 1.807) is 25.1 Å². The van der Waals surface area contributed by atoms with Crippen LogP contribution in [-0.4, -0.2) is 32.8 Å². The molecule has 0 bridgehead atoms. The first-order valence-corrected chi connectivity index (χ1v) is 7.10. The summed E-state index contributed by atoms with van der Waals surface area (Å²) in [6, 6.07) is 4.95. The smallest absolute Gasteiger partial charge is 0.180 e. The Kier molecular flexibility index (Phi) is 3.93. The highest BCUT2D eigenvalue weighted by Gasteiger charge is 2.25. The molecule has 0 saturated carbocycles. The summed E-state index contributed by atoms with van der Waals surface area (Å²) in [7, 11) is -1.83. The third-order valence-corrected chi connectivity index (χ3v) is 4.21. The maximum Gasteiger partial charge on any atom is 0.180 e. The Morgan fingerprint density at radius 3 is 2.35 bits per heavy atom. The number of Topliss-reactive ketones (excluding diaryl/α,β-unsaturated/α-hetero) is 1. The summed E-state index contributed by atoms with van der Waals surface area (Å²) in [6.45, 7) is 3.16. The van der Waals surface area contributed by atoms with Crippen molar-refractivity contribution < 1.29 is 17.9 Å². The minimum Gasteiger partial charge on any atom is -0.497 e. The first-order chi connectivity index (χ1) is 7.77. The molecule has 5 heteroatoms. The van der Waals surface area contributed by atoms with Gasteiger partial charge >= 0.3 is 0 Å². The molecule has 0 spiro atoms. The summed E-state index contributed by atoms with van der Waals surface area (Å²) in [4.78, 5) is 12.0. The number of aryl methyl sites for hydroxylation is 1. The minimum atomic E-state index is -3.36. The largest absolute Gasteiger partial charge is 0.497 e. The standard InChI is InChI=1S/C12H16O4S/c1-8-7-10(16-3)5-6-11(8)12(13)9(2)17(4,14)15/h5-7,9H,1-4H3. The minimum absolute atomic E-state index is 0.382. The number of carbonyl (C=O) groups excluding carboxylic acids is 1. The van der Waals surface area contributed by atoms with Gasteiger partial charge in [0.05, 0.1) is 7.11 Å². The zero-order valence-electron chi connectivity index (χ0n) is 10.4. The molecule has 0 aromatic heterocycles. The Labute approximate surface area is 102 Å². The van der Waals surface area contributed by atoms with E-state index in [0.717, 1.165) is 6.26 Å². The van der Waals surface area contributed by atoms with E-state index in [0.29, 0.717) is 16.9 Å². The van der Waals surface area contributed by atoms with E-state index in [1.165, 1.54) is 14.0 Å². The van der Waals surface area contributed by atoms with Crippen LogP contribution in [0.2, 0.25) is 0 Å². The summed E-state index contributed by atoms with van der Waals surface area (Å²) >= 11 is 0. The first kappa shape index (κ1) is 13.7. The lowest BCUT2D eigenvalue weighted by atomic mass is 10.0. The van der Waals surface area contributed by atoms with Gasteiger partial charge in [0.1, 0.15) is 11.0 Å². The second kappa shape index (κ2) is 4.87. The lowest BCUT2D eigenvalue weighted by molar-refractivity contribution is 0.0991. The van der Waals surface area contributed by atoms with Crippen molar-refractivity contribution in [1.29, 1.82) is 0 Å². The van der Waals surface area contributed by atoms with Crippen molar-refractivity contribution in [2.75, 3.05) is 13.4 Å². The van der Waals surface area contributed by atoms with Crippen LogP contribution in [0.25, 0.3) is 0 Å². The highest BCUT2D eigenvalue weighted by Crippen LogP contribution is 2.19. The number of methoxy groups -OCH3 is 1. The Morgan fingerprint density at radius 2 is 1.94 bits per heavy atom. The fourth-order valence-electron chi connectivity index (χ4n) is 1.45. The van der Waals surface area contributed by atoms with E-state index >= 15 is 0 Å². The number of hydrogen-bond acceptors (Lipinski definition) is 4. The molecule has 0 N–H and O–H groups in total. The van der Waals surface area contributed by atoms with Crippen molar-refractivity contribution in [2.45, 2.75) is 19.1 Å². The number of hydrogen-bond donors (Lipinski definition) is 0. The van der Waals surface area contributed by atoms with Crippen LogP contribution >= 0.6 is 0 Å². The van der Waals surface area contributed by atoms with Gasteiger partial charge < -0.3 is 4.74 Å². The highest BCUT2D eigenvalue weighted by atomic mass is 32.2. The summed E-state index contributed by atoms with van der Waals surface area (Å²) in [5.41, 5.74) is 1.13. The second-order valence-corrected chi connectivity index (χ2v) is 6.38. The van der Waals surface area contributed by atoms with Crippen LogP contribution in [0, 0.1) is 6.92 Å². The van der Waals surface area contributed by atoms with Crippen LogP contribution in [0.4, 0.5) is 0 Å². The van der Waals surface area contributed by atoms with Gasteiger partial charge in [-0.2, -0.15) is 0 Å². The Hall–Kier alpha value is -1.36. The molecule has 1 rings (SSSR count). The van der Waals surface area contributed by atoms with Gasteiger partial charge in [-0.25, -0.2) is 8.42 Å². The van der Waals surface area contributed by atoms with Gasteiger partial charge in [-0.3, -0.25) is 4.79 Å². The molecule has 1 aromatic carbocycles. The normalized spacial score (nSPS) is 13.2. The molecule has 0 saturated heterocycles. The molecule has 4 nitrogen and oxygen atoms in total. The summed E-state index contributed by atoms with van der Waals surface area (Å²) in [5, 5.41) is -1.02. The monoisotopic (exact) mass is 256 g/mol. The van der Waals surface area contributed by atoms with Crippen molar-refractivity contribution in [3.63, 3.8) is 0 Å². The number of ketones is 1. The number of sulfone groups is 1. The van der Waals surface area contributed by atoms with E-state index in [4.69, 9.17) is 4.74 Å². The quantitative estimate of drug-likeness (QED) is 0.768. The van der Waals surface area contributed by atoms with E-state index in [-0.39, 0.29) is 5.78 Å². The molecule has 0 heterocycles. The molecule has 17 heavy (non-hydrogen) atoms. The van der Waals surface area contributed by atoms with Crippen molar-refractivity contribution in [3.05, 3.63) is 29.3 Å². The summed E-state index contributed by atoms with van der Waals surface area (Å²) in [6.07, 6.45) is 1.06. The first-order valence-electron chi connectivity index (χ1n) is 5.15. The van der Waals surface area contributed by atoms with Crippen molar-refractivity contribution in [3.8, 4) is 5.75 Å². The van der Waals surface area contributed by atoms with Crippen LogP contribution in [0.5, 0.6) is 5.75 Å². The maximum atomic E-state index is 12.0. The molecule has 1 aromatic rings. The van der Waals surface area contributed by atoms with Gasteiger partial charge in [0.15, 0.2) is 15.6 Å². The second-order valence-electron chi connectivity index (χ2n) is 4.02. The van der Waals surface area contributed by atoms with Gasteiger partial charge in [-0.15, -0.1) is 0 Å². The van der Waals surface area contributed by atoms with Crippen LogP contribution < -0.4 is 4.74 Å². The average Bonchev–Trinajstić information content (AvgIpc) is 2.25. The van der Waals surface area contributed by atoms with Gasteiger partial charge in [-0.05, 0) is 37.6 Å². The predicted molar refractivity (Wildman–Crippen MR) is 66.4 cm³/mol. The van der Waals surface area contributed by atoms with Gasteiger partial charge in [0.2, 0.25) is 0 Å². The number of ether oxygens (including phenoxy) is 1. The molecule has 0 aliphatic carbocycles. The van der Waals surface area contributed by atoms with Gasteiger partial charge in [0.25, 0.3) is 0 Å². The van der Waals surface area contributed by atoms with Crippen LogP contribution in [0.1, 0.15) is 22.8 Å². The SMILES string of the molecule is COc1ccc(C(=O)C(C)S(C)(=O)=O)c(C)c1. The Morgan fingerprint density at radius 1 is 1.35 bits per heavy atom. The van der Waals surface area contributed by atoms with E-state index < -0.39 is 15.1 Å². The number of benzene rings is 1. The van der Waals surface area contributed by atoms with Crippen molar-refractivity contribution in [2.24, 2.45) is 0 Å². The van der Waals surface area contributed by atoms with Crippen molar-refractivity contribution in [1.82, 2.24) is 0 Å². The number of rotatable bonds is 4. The fraction of sp³-hybridized carbons (Fsp3) is 0.417. The molecule has 0 aliphatic heterocycles. The molecule has 0 fully saturated rings. The average molecular weight is 256 g/mol. The van der Waals surface area contributed by atoms with Crippen LogP contribution in [-0.2, 0) is 9.84 Å². The molecule has 0 radical (unpaired) electrons. The maximum absolute atomic E-state index is 12.0. The third kappa shape index (κ3) is 3.06. The Bertz CT molecular complexity index is 531. The summed E-state index contributed by atoms with van der Waals surface area (Å²) in [5.74, 6) is 0.263. The molecule has 94 valence electrons. The molecular weight excluding hydrogens is 240 g/mol. The molecule has 1 atom stereocenters. The van der Waals surface area contributed by atoms with Crippen LogP contribution in [0.3, 0.4) is 0 Å². The highest BCUT2D eigenvalue weighted by molar-refractivity contribution is 7.92. The lowest BCUT2D eigenvalue weighted by Crippen LogP contribution is -2.26. The third-order valence-electron chi connectivity index (χ3n) is 2.71. The predicted octanol–water partition coefficient (Wildman–Crippen LogP) is 1.62. The van der Waals surface area contributed by atoms with E-state index in [2.05, 4.69) is 0 Å². The molecule has 0 aliphatic rings.